The third kappa shape index (κ3) is 3.29. The normalized spacial score (nSPS) is 21.1. The summed E-state index contributed by atoms with van der Waals surface area (Å²) in [5.41, 5.74) is 3.16. The zero-order valence-corrected chi connectivity index (χ0v) is 15.2. The average Bonchev–Trinajstić information content (AvgIpc) is 3.17. The van der Waals surface area contributed by atoms with Crippen LogP contribution in [0.4, 0.5) is 0 Å². The van der Waals surface area contributed by atoms with Crippen LogP contribution >= 0.6 is 11.6 Å². The van der Waals surface area contributed by atoms with E-state index in [1.54, 1.807) is 0 Å². The van der Waals surface area contributed by atoms with Crippen LogP contribution in [0.15, 0.2) is 30.7 Å². The van der Waals surface area contributed by atoms with Crippen LogP contribution in [0.2, 0.25) is 5.02 Å². The summed E-state index contributed by atoms with van der Waals surface area (Å²) in [4.78, 5) is 8.91. The van der Waals surface area contributed by atoms with Crippen molar-refractivity contribution < 1.29 is 4.74 Å². The number of rotatable bonds is 4. The number of benzene rings is 1. The molecule has 3 heterocycles. The fourth-order valence-corrected chi connectivity index (χ4v) is 3.65. The third-order valence-electron chi connectivity index (χ3n) is 4.95. The topological polar surface area (TPSA) is 56.9 Å². The van der Waals surface area contributed by atoms with Crippen molar-refractivity contribution in [2.45, 2.75) is 31.5 Å². The van der Waals surface area contributed by atoms with Crippen molar-refractivity contribution in [1.82, 2.24) is 24.4 Å². The van der Waals surface area contributed by atoms with Crippen LogP contribution < -0.4 is 5.32 Å². The quantitative estimate of drug-likeness (QED) is 0.778. The van der Waals surface area contributed by atoms with Gasteiger partial charge in [0.2, 0.25) is 0 Å². The summed E-state index contributed by atoms with van der Waals surface area (Å²) in [6.45, 7) is 1.48. The van der Waals surface area contributed by atoms with E-state index in [4.69, 9.17) is 21.3 Å². The molecule has 25 heavy (non-hydrogen) atoms. The minimum absolute atomic E-state index is 0.0954. The Hall–Kier alpha value is -1.89. The molecule has 0 saturated carbocycles. The zero-order valence-electron chi connectivity index (χ0n) is 14.4. The molecule has 7 heteroatoms. The van der Waals surface area contributed by atoms with E-state index in [1.807, 2.05) is 49.4 Å². The largest absolute Gasteiger partial charge is 0.372 e. The maximum absolute atomic E-state index is 6.07. The van der Waals surface area contributed by atoms with Crippen LogP contribution in [-0.4, -0.2) is 31.8 Å². The number of halogens is 1. The van der Waals surface area contributed by atoms with E-state index in [9.17, 15) is 0 Å². The van der Waals surface area contributed by atoms with Gasteiger partial charge in [-0.3, -0.25) is 0 Å². The maximum atomic E-state index is 6.07. The highest BCUT2D eigenvalue weighted by molar-refractivity contribution is 6.31. The molecule has 1 aliphatic heterocycles. The van der Waals surface area contributed by atoms with Crippen molar-refractivity contribution in [2.24, 2.45) is 14.1 Å². The van der Waals surface area contributed by atoms with Crippen LogP contribution in [-0.2, 0) is 25.4 Å². The monoisotopic (exact) mass is 359 g/mol. The molecule has 4 rings (SSSR count). The van der Waals surface area contributed by atoms with Gasteiger partial charge in [0.1, 0.15) is 11.9 Å². The van der Waals surface area contributed by atoms with Gasteiger partial charge in [-0.1, -0.05) is 11.6 Å². The lowest BCUT2D eigenvalue weighted by molar-refractivity contribution is -0.00417. The summed E-state index contributed by atoms with van der Waals surface area (Å²) >= 11 is 6.07. The number of nitrogens with one attached hydrogen (secondary N) is 1. The van der Waals surface area contributed by atoms with E-state index >= 15 is 0 Å². The Morgan fingerprint density at radius 1 is 1.36 bits per heavy atom. The van der Waals surface area contributed by atoms with Crippen LogP contribution in [0.1, 0.15) is 30.5 Å². The Morgan fingerprint density at radius 2 is 2.24 bits per heavy atom. The van der Waals surface area contributed by atoms with Gasteiger partial charge in [0.25, 0.3) is 0 Å². The molecular weight excluding hydrogens is 338 g/mol. The molecule has 2 atom stereocenters. The standard InChI is InChI=1S/C18H22ClN5O/c1-23-11-20-9-16(23)17-8-13(5-6-25-17)21-10-18-22-14-7-12(19)3-4-15(14)24(18)2/h3-4,7,9,11,13,17,21H,5-6,8,10H2,1-2H3/t13-,17-/m0/s1. The zero-order chi connectivity index (χ0) is 17.4. The van der Waals surface area contributed by atoms with Crippen LogP contribution in [0.3, 0.4) is 0 Å². The number of imidazole rings is 2. The number of aromatic nitrogens is 4. The molecule has 1 saturated heterocycles. The number of hydrogen-bond donors (Lipinski definition) is 1. The van der Waals surface area contributed by atoms with Crippen molar-refractivity contribution in [3.05, 3.63) is 47.3 Å². The first-order chi connectivity index (χ1) is 12.1. The summed E-state index contributed by atoms with van der Waals surface area (Å²) < 4.78 is 10.1. The molecule has 0 bridgehead atoms. The second-order valence-electron chi connectivity index (χ2n) is 6.61. The first-order valence-electron chi connectivity index (χ1n) is 8.54. The Balaban J connectivity index is 1.44. The van der Waals surface area contributed by atoms with E-state index in [0.717, 1.165) is 48.5 Å². The molecule has 0 amide bonds. The molecule has 6 nitrogen and oxygen atoms in total. The van der Waals surface area contributed by atoms with Gasteiger partial charge in [0, 0.05) is 31.8 Å². The molecule has 0 aliphatic carbocycles. The number of aryl methyl sites for hydroxylation is 2. The van der Waals surface area contributed by atoms with E-state index in [0.29, 0.717) is 11.1 Å². The number of hydrogen-bond acceptors (Lipinski definition) is 4. The van der Waals surface area contributed by atoms with Gasteiger partial charge in [-0.05, 0) is 31.0 Å². The lowest BCUT2D eigenvalue weighted by Gasteiger charge is -2.30. The first-order valence-corrected chi connectivity index (χ1v) is 8.91. The van der Waals surface area contributed by atoms with E-state index < -0.39 is 0 Å². The van der Waals surface area contributed by atoms with Crippen LogP contribution in [0.5, 0.6) is 0 Å². The molecule has 2 aromatic heterocycles. The van der Waals surface area contributed by atoms with E-state index in [-0.39, 0.29) is 6.10 Å². The smallest absolute Gasteiger partial charge is 0.123 e. The van der Waals surface area contributed by atoms with Gasteiger partial charge < -0.3 is 19.2 Å². The molecule has 0 unspecified atom stereocenters. The lowest BCUT2D eigenvalue weighted by atomic mass is 10.0. The van der Waals surface area contributed by atoms with Gasteiger partial charge in [-0.25, -0.2) is 9.97 Å². The molecule has 1 aliphatic rings. The van der Waals surface area contributed by atoms with Gasteiger partial charge in [0.15, 0.2) is 0 Å². The van der Waals surface area contributed by atoms with Crippen LogP contribution in [0, 0.1) is 0 Å². The number of fused-ring (bicyclic) bond motifs is 1. The molecule has 1 aromatic carbocycles. The molecule has 1 N–H and O–H groups in total. The highest BCUT2D eigenvalue weighted by Crippen LogP contribution is 2.28. The Kier molecular flexibility index (Phi) is 4.50. The molecule has 1 fully saturated rings. The fourth-order valence-electron chi connectivity index (χ4n) is 3.48. The Bertz CT molecular complexity index is 887. The van der Waals surface area contributed by atoms with Gasteiger partial charge in [0.05, 0.1) is 35.8 Å². The molecule has 0 radical (unpaired) electrons. The minimum atomic E-state index is 0.0954. The first kappa shape index (κ1) is 16.6. The average molecular weight is 360 g/mol. The van der Waals surface area contributed by atoms with Crippen molar-refractivity contribution in [3.8, 4) is 0 Å². The van der Waals surface area contributed by atoms with Crippen molar-refractivity contribution in [3.63, 3.8) is 0 Å². The summed E-state index contributed by atoms with van der Waals surface area (Å²) in [7, 11) is 4.05. The lowest BCUT2D eigenvalue weighted by Crippen LogP contribution is -2.36. The van der Waals surface area contributed by atoms with Crippen LogP contribution in [0.25, 0.3) is 11.0 Å². The van der Waals surface area contributed by atoms with Gasteiger partial charge >= 0.3 is 0 Å². The van der Waals surface area contributed by atoms with Crippen molar-refractivity contribution in [2.75, 3.05) is 6.61 Å². The van der Waals surface area contributed by atoms with Crippen molar-refractivity contribution >= 4 is 22.6 Å². The minimum Gasteiger partial charge on any atom is -0.372 e. The number of nitrogens with zero attached hydrogens (tertiary/aromatic N) is 4. The van der Waals surface area contributed by atoms with E-state index in [1.165, 1.54) is 0 Å². The van der Waals surface area contributed by atoms with E-state index in [2.05, 4.69) is 14.9 Å². The summed E-state index contributed by atoms with van der Waals surface area (Å²) in [5, 5.41) is 4.36. The predicted molar refractivity (Wildman–Crippen MR) is 97.5 cm³/mol. The Labute approximate surface area is 151 Å². The summed E-state index contributed by atoms with van der Waals surface area (Å²) in [6.07, 6.45) is 5.75. The third-order valence-corrected chi connectivity index (χ3v) is 5.19. The second-order valence-corrected chi connectivity index (χ2v) is 7.05. The molecule has 3 aromatic rings. The molecule has 132 valence electrons. The molecule has 0 spiro atoms. The van der Waals surface area contributed by atoms with Gasteiger partial charge in [-0.2, -0.15) is 0 Å². The summed E-state index contributed by atoms with van der Waals surface area (Å²) in [6, 6.07) is 6.23. The molecular formula is C18H22ClN5O. The predicted octanol–water partition coefficient (Wildman–Crippen LogP) is 2.97. The van der Waals surface area contributed by atoms with Crippen molar-refractivity contribution in [1.29, 1.82) is 0 Å². The van der Waals surface area contributed by atoms with Gasteiger partial charge in [-0.15, -0.1) is 0 Å². The highest BCUT2D eigenvalue weighted by Gasteiger charge is 2.25. The maximum Gasteiger partial charge on any atom is 0.123 e. The Morgan fingerprint density at radius 3 is 3.04 bits per heavy atom. The summed E-state index contributed by atoms with van der Waals surface area (Å²) in [5.74, 6) is 1.01. The SMILES string of the molecule is Cn1cncc1[C@@H]1C[C@@H](NCc2nc3cc(Cl)ccc3n2C)CCO1. The second kappa shape index (κ2) is 6.78. The number of ether oxygens (including phenoxy) is 1. The fraction of sp³-hybridized carbons (Fsp3) is 0.444. The highest BCUT2D eigenvalue weighted by atomic mass is 35.5.